The summed E-state index contributed by atoms with van der Waals surface area (Å²) in [7, 11) is 3.06. The third-order valence-electron chi connectivity index (χ3n) is 8.71. The van der Waals surface area contributed by atoms with Gasteiger partial charge >= 0.3 is 0 Å². The van der Waals surface area contributed by atoms with Crippen molar-refractivity contribution in [2.24, 2.45) is 20.5 Å². The lowest BCUT2D eigenvalue weighted by Gasteiger charge is -2.52. The molecular weight excluding hydrogens is 714 g/mol. The lowest BCUT2D eigenvalue weighted by Crippen LogP contribution is -2.72. The molecule has 0 radical (unpaired) electrons. The number of likely N-dealkylation sites (N-methyl/N-ethyl adjacent to an activating group) is 1. The van der Waals surface area contributed by atoms with Crippen LogP contribution in [0.4, 0.5) is 34.1 Å². The zero-order chi connectivity index (χ0) is 40.1. The van der Waals surface area contributed by atoms with Gasteiger partial charge in [0.15, 0.2) is 11.8 Å². The molecule has 17 heteroatoms. The fourth-order valence-electron chi connectivity index (χ4n) is 5.69. The first kappa shape index (κ1) is 42.4. The molecule has 4 N–H and O–H groups in total. The smallest absolute Gasteiger partial charge is 0.296 e. The summed E-state index contributed by atoms with van der Waals surface area (Å²) >= 11 is 0. The van der Waals surface area contributed by atoms with E-state index in [1.54, 1.807) is 63.4 Å². The molecular formula is C38H47N7O10. The lowest BCUT2D eigenvalue weighted by molar-refractivity contribution is -0.384. The minimum Gasteiger partial charge on any atom is -0.494 e. The Labute approximate surface area is 319 Å². The Morgan fingerprint density at radius 2 is 1.75 bits per heavy atom. The van der Waals surface area contributed by atoms with Crippen LogP contribution in [-0.4, -0.2) is 97.0 Å². The van der Waals surface area contributed by atoms with E-state index in [1.165, 1.54) is 24.1 Å². The first-order chi connectivity index (χ1) is 26.3. The van der Waals surface area contributed by atoms with Crippen molar-refractivity contribution < 1.29 is 44.0 Å². The highest BCUT2D eigenvalue weighted by molar-refractivity contribution is 5.75. The molecule has 0 bridgehead atoms. The molecule has 1 heterocycles. The average molecular weight is 762 g/mol. The molecule has 55 heavy (non-hydrogen) atoms. The van der Waals surface area contributed by atoms with Crippen LogP contribution in [0.5, 0.6) is 5.75 Å². The first-order valence-corrected chi connectivity index (χ1v) is 17.6. The molecule has 1 fully saturated rings. The van der Waals surface area contributed by atoms with Crippen molar-refractivity contribution in [1.82, 2.24) is 5.32 Å². The van der Waals surface area contributed by atoms with E-state index in [1.807, 2.05) is 6.92 Å². The third-order valence-corrected chi connectivity index (χ3v) is 8.71. The maximum Gasteiger partial charge on any atom is 0.296 e. The van der Waals surface area contributed by atoms with Crippen LogP contribution in [0.25, 0.3) is 0 Å². The minimum atomic E-state index is -1.99. The summed E-state index contributed by atoms with van der Waals surface area (Å²) in [5, 5.41) is 64.4. The lowest BCUT2D eigenvalue weighted by atomic mass is 9.95. The van der Waals surface area contributed by atoms with Gasteiger partial charge in [0.2, 0.25) is 5.91 Å². The fourth-order valence-corrected chi connectivity index (χ4v) is 5.69. The highest BCUT2D eigenvalue weighted by Crippen LogP contribution is 2.39. The molecule has 1 aliphatic heterocycles. The Morgan fingerprint density at radius 1 is 1.04 bits per heavy atom. The molecule has 17 nitrogen and oxygen atoms in total. The normalized spacial score (nSPS) is 21.1. The summed E-state index contributed by atoms with van der Waals surface area (Å²) in [5.41, 5.74) is 3.10. The number of aliphatic hydroxyl groups is 3. The van der Waals surface area contributed by atoms with Gasteiger partial charge in [0.05, 0.1) is 36.6 Å². The van der Waals surface area contributed by atoms with Gasteiger partial charge in [0, 0.05) is 37.8 Å². The van der Waals surface area contributed by atoms with Crippen molar-refractivity contribution in [3.63, 3.8) is 0 Å². The van der Waals surface area contributed by atoms with Gasteiger partial charge in [-0.15, -0.1) is 21.8 Å². The number of nitrogens with zero attached hydrogens (tertiary/aromatic N) is 6. The number of methoxy groups -OCH3 is 1. The molecule has 0 unspecified atom stereocenters. The number of hydrogen-bond acceptors (Lipinski definition) is 15. The molecule has 3 aromatic rings. The van der Waals surface area contributed by atoms with Gasteiger partial charge < -0.3 is 44.5 Å². The second-order valence-electron chi connectivity index (χ2n) is 12.8. The van der Waals surface area contributed by atoms with Crippen molar-refractivity contribution in [1.29, 1.82) is 0 Å². The Hall–Kier alpha value is -5.35. The van der Waals surface area contributed by atoms with Gasteiger partial charge in [0.25, 0.3) is 11.6 Å². The number of terminal acetylenes is 1. The SMILES string of the molecule is C#CCOC[C@H]1O[C@@](OCCCNC(=O)CCC)(N(C)c2ccc(/N=N/c3cc(C)c(/N=N/c4ccc(C)cc4[N+](=O)[O-])cc3OC)cc2)[C@H](O)[C@@H](O)[C@@H]1O. The number of benzene rings is 3. The van der Waals surface area contributed by atoms with Crippen LogP contribution >= 0.6 is 0 Å². The van der Waals surface area contributed by atoms with Crippen LogP contribution in [0.3, 0.4) is 0 Å². The number of azo groups is 2. The number of nitrogens with one attached hydrogen (secondary N) is 1. The summed E-state index contributed by atoms with van der Waals surface area (Å²) in [6, 6.07) is 14.7. The number of aryl methyl sites for hydroxylation is 2. The molecule has 1 aliphatic rings. The van der Waals surface area contributed by atoms with E-state index in [0.29, 0.717) is 59.9 Å². The standard InChI is InChI=1S/C38H47N7O10/c1-7-10-34(46)39-17-9-19-54-38(37(49)36(48)35(47)33(55-38)23-53-18-8-2)44(5)27-14-12-26(13-15-27)40-43-30-21-25(4)29(22-32(30)52-6)42-41-28-16-11-24(3)20-31(28)45(50)51/h2,11-16,20-22,33,35-37,47-49H,7,9-10,17-19,23H2,1,3-6H3,(H,39,46)/b42-41+,43-40+/t33-,35-,36+,37-,38-/m1/s1. The van der Waals surface area contributed by atoms with Crippen LogP contribution < -0.4 is 15.0 Å². The monoisotopic (exact) mass is 761 g/mol. The number of amides is 1. The molecule has 4 rings (SSSR count). The first-order valence-electron chi connectivity index (χ1n) is 17.6. The van der Waals surface area contributed by atoms with Crippen molar-refractivity contribution in [3.8, 4) is 18.1 Å². The predicted molar refractivity (Wildman–Crippen MR) is 203 cm³/mol. The van der Waals surface area contributed by atoms with Crippen LogP contribution in [0.15, 0.2) is 75.1 Å². The van der Waals surface area contributed by atoms with Gasteiger partial charge in [0.1, 0.15) is 36.4 Å². The number of anilines is 1. The molecule has 0 aliphatic carbocycles. The summed E-state index contributed by atoms with van der Waals surface area (Å²) < 4.78 is 23.3. The maximum absolute atomic E-state index is 11.9. The van der Waals surface area contributed by atoms with E-state index in [2.05, 4.69) is 31.7 Å². The number of nitro groups is 1. The Kier molecular flexibility index (Phi) is 15.3. The van der Waals surface area contributed by atoms with E-state index in [4.69, 9.17) is 25.4 Å². The van der Waals surface area contributed by atoms with E-state index >= 15 is 0 Å². The van der Waals surface area contributed by atoms with Gasteiger partial charge in [-0.25, -0.2) is 0 Å². The van der Waals surface area contributed by atoms with Crippen molar-refractivity contribution in [3.05, 3.63) is 75.8 Å². The Bertz CT molecular complexity index is 1880. The fraction of sp³-hybridized carbons (Fsp3) is 0.447. The number of aliphatic hydroxyl groups excluding tert-OH is 3. The number of ether oxygens (including phenoxy) is 4. The van der Waals surface area contributed by atoms with Crippen molar-refractivity contribution >= 4 is 40.0 Å². The number of hydrogen-bond donors (Lipinski definition) is 4. The van der Waals surface area contributed by atoms with Crippen LogP contribution in [0, 0.1) is 36.3 Å². The second-order valence-corrected chi connectivity index (χ2v) is 12.8. The van der Waals surface area contributed by atoms with E-state index < -0.39 is 35.3 Å². The highest BCUT2D eigenvalue weighted by atomic mass is 16.7. The van der Waals surface area contributed by atoms with Gasteiger partial charge in [-0.3, -0.25) is 14.9 Å². The van der Waals surface area contributed by atoms with Crippen LogP contribution in [0.2, 0.25) is 0 Å². The number of nitro benzene ring substituents is 1. The van der Waals surface area contributed by atoms with Gasteiger partial charge in [-0.05, 0) is 74.2 Å². The zero-order valence-electron chi connectivity index (χ0n) is 31.4. The van der Waals surface area contributed by atoms with Crippen LogP contribution in [0.1, 0.15) is 37.3 Å². The highest BCUT2D eigenvalue weighted by Gasteiger charge is 2.57. The maximum atomic E-state index is 11.9. The van der Waals surface area contributed by atoms with Gasteiger partial charge in [-0.2, -0.15) is 5.11 Å². The summed E-state index contributed by atoms with van der Waals surface area (Å²) in [4.78, 5) is 24.4. The van der Waals surface area contributed by atoms with Crippen molar-refractivity contribution in [2.45, 2.75) is 70.4 Å². The Balaban J connectivity index is 1.55. The molecule has 1 saturated heterocycles. The van der Waals surface area contributed by atoms with E-state index in [9.17, 15) is 30.2 Å². The molecule has 5 atom stereocenters. The molecule has 1 amide bonds. The summed E-state index contributed by atoms with van der Waals surface area (Å²) in [6.07, 6.45) is 0.708. The molecule has 3 aromatic carbocycles. The van der Waals surface area contributed by atoms with Crippen molar-refractivity contribution in [2.75, 3.05) is 45.4 Å². The largest absolute Gasteiger partial charge is 0.494 e. The minimum absolute atomic E-state index is 0.00807. The topological polar surface area (TPSA) is 223 Å². The molecule has 0 saturated carbocycles. The third kappa shape index (κ3) is 10.7. The number of carbonyl (C=O) groups is 1. The number of rotatable bonds is 18. The summed E-state index contributed by atoms with van der Waals surface area (Å²) in [5.74, 6) is 0.590. The average Bonchev–Trinajstić information content (AvgIpc) is 3.17. The molecule has 294 valence electrons. The summed E-state index contributed by atoms with van der Waals surface area (Å²) in [6.45, 7) is 5.50. The van der Waals surface area contributed by atoms with Gasteiger partial charge in [-0.1, -0.05) is 18.9 Å². The molecule has 0 aromatic heterocycles. The predicted octanol–water partition coefficient (Wildman–Crippen LogP) is 5.60. The van der Waals surface area contributed by atoms with E-state index in [0.717, 1.165) is 5.56 Å². The Morgan fingerprint density at radius 3 is 2.42 bits per heavy atom. The molecule has 0 spiro atoms. The second kappa shape index (κ2) is 19.8. The zero-order valence-corrected chi connectivity index (χ0v) is 31.4. The number of carbonyl (C=O) groups excluding carboxylic acids is 1. The van der Waals surface area contributed by atoms with E-state index in [-0.39, 0.29) is 37.1 Å². The quantitative estimate of drug-likeness (QED) is 0.0312. The van der Waals surface area contributed by atoms with Crippen LogP contribution in [-0.2, 0) is 19.0 Å².